The lowest BCUT2D eigenvalue weighted by Crippen LogP contribution is -2.20. The predicted molar refractivity (Wildman–Crippen MR) is 101 cm³/mol. The zero-order valence-electron chi connectivity index (χ0n) is 17.4. The molecule has 0 fully saturated rings. The van der Waals surface area contributed by atoms with E-state index in [1.807, 2.05) is 12.5 Å². The van der Waals surface area contributed by atoms with Crippen molar-refractivity contribution in [1.82, 2.24) is 9.97 Å². The third-order valence-corrected chi connectivity index (χ3v) is 4.69. The van der Waals surface area contributed by atoms with Gasteiger partial charge >= 0.3 is 0 Å². The van der Waals surface area contributed by atoms with Gasteiger partial charge in [0, 0.05) is 22.2 Å². The van der Waals surface area contributed by atoms with E-state index in [1.165, 1.54) is 0 Å². The highest BCUT2D eigenvalue weighted by molar-refractivity contribution is 5.14. The molecule has 2 rings (SSSR count). The minimum Gasteiger partial charge on any atom is -0.448 e. The van der Waals surface area contributed by atoms with Gasteiger partial charge in [0.05, 0.1) is 11.9 Å². The Balaban J connectivity index is 2.04. The molecule has 140 valence electrons. The number of nitrogens with zero attached hydrogens (tertiary/aromatic N) is 2. The highest BCUT2D eigenvalue weighted by Gasteiger charge is 2.29. The molecule has 1 unspecified atom stereocenters. The first-order valence-corrected chi connectivity index (χ1v) is 9.23. The minimum atomic E-state index is -0.0647. The van der Waals surface area contributed by atoms with E-state index >= 15 is 0 Å². The molecule has 0 aromatic carbocycles. The summed E-state index contributed by atoms with van der Waals surface area (Å²) in [7, 11) is 0. The van der Waals surface area contributed by atoms with E-state index < -0.39 is 0 Å². The van der Waals surface area contributed by atoms with Gasteiger partial charge in [0.1, 0.15) is 12.0 Å². The van der Waals surface area contributed by atoms with Gasteiger partial charge in [-0.25, -0.2) is 9.97 Å². The van der Waals surface area contributed by atoms with Crippen molar-refractivity contribution in [1.29, 1.82) is 0 Å². The van der Waals surface area contributed by atoms with Gasteiger partial charge in [-0.3, -0.25) is 0 Å². The maximum atomic E-state index is 5.98. The van der Waals surface area contributed by atoms with Crippen LogP contribution in [0.1, 0.15) is 104 Å². The molecule has 25 heavy (non-hydrogen) atoms. The Morgan fingerprint density at radius 3 is 2.04 bits per heavy atom. The molecule has 0 bridgehead atoms. The monoisotopic (exact) mass is 346 g/mol. The number of rotatable bonds is 5. The fraction of sp³-hybridized carbons (Fsp3) is 0.714. The van der Waals surface area contributed by atoms with E-state index in [0.717, 1.165) is 36.1 Å². The van der Waals surface area contributed by atoms with Crippen molar-refractivity contribution >= 4 is 0 Å². The van der Waals surface area contributed by atoms with Crippen molar-refractivity contribution in [3.8, 4) is 0 Å². The molecule has 1 atom stereocenters. The normalized spacial score (nSPS) is 14.8. The Labute approximate surface area is 152 Å². The maximum absolute atomic E-state index is 5.98. The fourth-order valence-corrected chi connectivity index (χ4v) is 2.64. The molecular formula is C21H34N2O2. The summed E-state index contributed by atoms with van der Waals surface area (Å²) in [6.07, 6.45) is 5.72. The Morgan fingerprint density at radius 1 is 0.960 bits per heavy atom. The lowest BCUT2D eigenvalue weighted by molar-refractivity contribution is 0.345. The van der Waals surface area contributed by atoms with Gasteiger partial charge in [-0.15, -0.1) is 0 Å². The molecule has 4 nitrogen and oxygen atoms in total. The van der Waals surface area contributed by atoms with Crippen LogP contribution in [0, 0.1) is 0 Å². The summed E-state index contributed by atoms with van der Waals surface area (Å²) in [6, 6.07) is 0. The van der Waals surface area contributed by atoms with Crippen molar-refractivity contribution in [2.75, 3.05) is 0 Å². The number of oxazole rings is 2. The standard InChI is InChI=1S/C21H34N2O2/c1-14(15-12-22-17(25-15)19(2,3)4)10-11-21(8,9)16-13-24-18(23-16)20(5,6)7/h12-14H,10-11H2,1-9H3. The second-order valence-corrected chi connectivity index (χ2v) is 9.93. The average Bonchev–Trinajstić information content (AvgIpc) is 3.12. The van der Waals surface area contributed by atoms with Crippen LogP contribution in [0.2, 0.25) is 0 Å². The van der Waals surface area contributed by atoms with E-state index in [-0.39, 0.29) is 16.2 Å². The van der Waals surface area contributed by atoms with Crippen molar-refractivity contribution in [3.63, 3.8) is 0 Å². The quantitative estimate of drug-likeness (QED) is 0.654. The van der Waals surface area contributed by atoms with Crippen LogP contribution in [0.25, 0.3) is 0 Å². The van der Waals surface area contributed by atoms with E-state index in [0.29, 0.717) is 5.92 Å². The van der Waals surface area contributed by atoms with Crippen molar-refractivity contribution in [2.45, 2.75) is 97.3 Å². The Kier molecular flexibility index (Phi) is 5.23. The fourth-order valence-electron chi connectivity index (χ4n) is 2.64. The Hall–Kier alpha value is -1.58. The van der Waals surface area contributed by atoms with Crippen LogP contribution >= 0.6 is 0 Å². The second-order valence-electron chi connectivity index (χ2n) is 9.93. The molecule has 0 aliphatic heterocycles. The zero-order valence-corrected chi connectivity index (χ0v) is 17.4. The first-order chi connectivity index (χ1) is 11.3. The van der Waals surface area contributed by atoms with Crippen LogP contribution in [0.3, 0.4) is 0 Å². The molecule has 0 N–H and O–H groups in total. The first kappa shape index (κ1) is 19.7. The molecule has 0 saturated heterocycles. The number of hydrogen-bond acceptors (Lipinski definition) is 4. The first-order valence-electron chi connectivity index (χ1n) is 9.23. The van der Waals surface area contributed by atoms with Gasteiger partial charge in [0.25, 0.3) is 0 Å². The zero-order chi connectivity index (χ0) is 19.0. The Bertz CT molecular complexity index is 696. The van der Waals surface area contributed by atoms with Gasteiger partial charge in [-0.1, -0.05) is 62.3 Å². The third kappa shape index (κ3) is 4.74. The lowest BCUT2D eigenvalue weighted by Gasteiger charge is -2.23. The smallest absolute Gasteiger partial charge is 0.199 e. The van der Waals surface area contributed by atoms with Crippen LogP contribution in [0.15, 0.2) is 21.3 Å². The summed E-state index contributed by atoms with van der Waals surface area (Å²) in [6.45, 7) is 19.4. The van der Waals surface area contributed by atoms with Crippen LogP contribution < -0.4 is 0 Å². The molecule has 0 saturated carbocycles. The molecule has 4 heteroatoms. The molecule has 2 heterocycles. The van der Waals surface area contributed by atoms with Gasteiger partial charge in [-0.2, -0.15) is 0 Å². The minimum absolute atomic E-state index is 0.0336. The summed E-state index contributed by atoms with van der Waals surface area (Å²) in [4.78, 5) is 9.19. The number of hydrogen-bond donors (Lipinski definition) is 0. The van der Waals surface area contributed by atoms with Crippen LogP contribution in [-0.4, -0.2) is 9.97 Å². The summed E-state index contributed by atoms with van der Waals surface area (Å²) in [5, 5.41) is 0. The predicted octanol–water partition coefficient (Wildman–Crippen LogP) is 6.12. The van der Waals surface area contributed by atoms with Gasteiger partial charge in [-0.05, 0) is 12.8 Å². The van der Waals surface area contributed by atoms with Crippen molar-refractivity contribution < 1.29 is 8.83 Å². The van der Waals surface area contributed by atoms with Crippen LogP contribution in [-0.2, 0) is 16.2 Å². The van der Waals surface area contributed by atoms with E-state index in [2.05, 4.69) is 67.3 Å². The molecule has 0 amide bonds. The average molecular weight is 347 g/mol. The molecule has 0 radical (unpaired) electrons. The van der Waals surface area contributed by atoms with Crippen molar-refractivity contribution in [3.05, 3.63) is 35.7 Å². The highest BCUT2D eigenvalue weighted by Crippen LogP contribution is 2.34. The summed E-state index contributed by atoms with van der Waals surface area (Å²) in [5.74, 6) is 2.90. The SMILES string of the molecule is CC(CCC(C)(C)c1coc(C(C)(C)C)n1)c1cnc(C(C)(C)C)o1. The Morgan fingerprint density at radius 2 is 1.56 bits per heavy atom. The maximum Gasteiger partial charge on any atom is 0.199 e. The van der Waals surface area contributed by atoms with Crippen molar-refractivity contribution in [2.24, 2.45) is 0 Å². The molecular weight excluding hydrogens is 312 g/mol. The molecule has 0 aliphatic rings. The third-order valence-electron chi connectivity index (χ3n) is 4.69. The highest BCUT2D eigenvalue weighted by atomic mass is 16.4. The molecule has 0 aliphatic carbocycles. The van der Waals surface area contributed by atoms with E-state index in [4.69, 9.17) is 13.8 Å². The largest absolute Gasteiger partial charge is 0.448 e. The van der Waals surface area contributed by atoms with Gasteiger partial charge < -0.3 is 8.83 Å². The van der Waals surface area contributed by atoms with E-state index in [1.54, 1.807) is 0 Å². The van der Waals surface area contributed by atoms with Crippen LogP contribution in [0.4, 0.5) is 0 Å². The second kappa shape index (κ2) is 6.62. The number of aromatic nitrogens is 2. The summed E-state index contributed by atoms with van der Waals surface area (Å²) in [5.41, 5.74) is 0.873. The molecule has 2 aromatic heterocycles. The molecule has 2 aromatic rings. The van der Waals surface area contributed by atoms with Crippen LogP contribution in [0.5, 0.6) is 0 Å². The van der Waals surface area contributed by atoms with Gasteiger partial charge in [0.2, 0.25) is 0 Å². The lowest BCUT2D eigenvalue weighted by atomic mass is 9.82. The molecule has 0 spiro atoms. The van der Waals surface area contributed by atoms with E-state index in [9.17, 15) is 0 Å². The van der Waals surface area contributed by atoms with Gasteiger partial charge in [0.15, 0.2) is 11.8 Å². The summed E-state index contributed by atoms with van der Waals surface area (Å²) >= 11 is 0. The summed E-state index contributed by atoms with van der Waals surface area (Å²) < 4.78 is 11.7. The topological polar surface area (TPSA) is 52.1 Å².